The van der Waals surface area contributed by atoms with E-state index in [4.69, 9.17) is 23.2 Å². The van der Waals surface area contributed by atoms with Crippen LogP contribution < -0.4 is 9.62 Å². The van der Waals surface area contributed by atoms with E-state index in [0.29, 0.717) is 12.0 Å². The first kappa shape index (κ1) is 34.0. The molecule has 236 valence electrons. The number of nitrogens with zero attached hydrogens (tertiary/aromatic N) is 2. The number of nitrogens with one attached hydrogen (secondary N) is 1. The van der Waals surface area contributed by atoms with Crippen LogP contribution in [0.5, 0.6) is 0 Å². The Hall–Kier alpha value is -3.92. The van der Waals surface area contributed by atoms with Crippen LogP contribution in [0, 0.1) is 5.82 Å². The summed E-state index contributed by atoms with van der Waals surface area (Å²) in [5.74, 6) is -2.03. The number of anilines is 1. The van der Waals surface area contributed by atoms with Crippen molar-refractivity contribution < 1.29 is 22.4 Å². The molecule has 0 unspecified atom stereocenters. The fraction of sp³-hybridized carbons (Fsp3) is 0.235. The van der Waals surface area contributed by atoms with E-state index in [1.807, 2.05) is 44.2 Å². The second-order valence-electron chi connectivity index (χ2n) is 10.5. The molecule has 2 atom stereocenters. The summed E-state index contributed by atoms with van der Waals surface area (Å²) in [4.78, 5) is 29.5. The van der Waals surface area contributed by atoms with Crippen molar-refractivity contribution in [3.63, 3.8) is 0 Å². The van der Waals surface area contributed by atoms with Gasteiger partial charge in [-0.15, -0.1) is 0 Å². The molecule has 0 aliphatic rings. The molecule has 0 saturated carbocycles. The van der Waals surface area contributed by atoms with Crippen molar-refractivity contribution in [1.29, 1.82) is 0 Å². The zero-order valence-electron chi connectivity index (χ0n) is 24.9. The topological polar surface area (TPSA) is 86.8 Å². The SMILES string of the molecule is CC[C@@H](C)NC(=O)[C@H](Cc1ccccc1)N(Cc1c(Cl)cccc1Cl)C(=O)CN(c1ccccc1F)S(=O)(=O)c1ccccc1. The molecule has 4 aromatic rings. The van der Waals surface area contributed by atoms with Crippen molar-refractivity contribution >= 4 is 50.7 Å². The monoisotopic (exact) mass is 669 g/mol. The summed E-state index contributed by atoms with van der Waals surface area (Å²) in [6.07, 6.45) is 0.756. The van der Waals surface area contributed by atoms with Gasteiger partial charge in [-0.25, -0.2) is 12.8 Å². The fourth-order valence-corrected chi connectivity index (χ4v) is 6.70. The summed E-state index contributed by atoms with van der Waals surface area (Å²) in [5, 5.41) is 3.49. The van der Waals surface area contributed by atoms with Gasteiger partial charge < -0.3 is 10.2 Å². The third kappa shape index (κ3) is 8.42. The highest BCUT2D eigenvalue weighted by molar-refractivity contribution is 7.92. The van der Waals surface area contributed by atoms with Crippen LogP contribution in [-0.4, -0.2) is 43.8 Å². The predicted octanol–water partition coefficient (Wildman–Crippen LogP) is 6.88. The second-order valence-corrected chi connectivity index (χ2v) is 13.2. The number of carbonyl (C=O) groups excluding carboxylic acids is 2. The summed E-state index contributed by atoms with van der Waals surface area (Å²) >= 11 is 13.1. The van der Waals surface area contributed by atoms with Crippen molar-refractivity contribution in [2.24, 2.45) is 0 Å². The van der Waals surface area contributed by atoms with Gasteiger partial charge in [0.1, 0.15) is 18.4 Å². The van der Waals surface area contributed by atoms with E-state index in [1.54, 1.807) is 24.3 Å². The van der Waals surface area contributed by atoms with Crippen molar-refractivity contribution in [1.82, 2.24) is 10.2 Å². The summed E-state index contributed by atoms with van der Waals surface area (Å²) in [5.41, 5.74) is 0.841. The third-order valence-corrected chi connectivity index (χ3v) is 9.88. The van der Waals surface area contributed by atoms with Gasteiger partial charge >= 0.3 is 0 Å². The number of sulfonamides is 1. The van der Waals surface area contributed by atoms with Gasteiger partial charge in [0.2, 0.25) is 11.8 Å². The molecule has 0 bridgehead atoms. The molecule has 0 heterocycles. The lowest BCUT2D eigenvalue weighted by Gasteiger charge is -2.34. The van der Waals surface area contributed by atoms with Gasteiger partial charge in [0, 0.05) is 34.6 Å². The lowest BCUT2D eigenvalue weighted by atomic mass is 10.0. The van der Waals surface area contributed by atoms with Crippen LogP contribution in [0.25, 0.3) is 0 Å². The highest BCUT2D eigenvalue weighted by Crippen LogP contribution is 2.30. The Morgan fingerprint density at radius 3 is 2.02 bits per heavy atom. The number of para-hydroxylation sites is 1. The van der Waals surface area contributed by atoms with E-state index in [9.17, 15) is 18.0 Å². The van der Waals surface area contributed by atoms with E-state index in [2.05, 4.69) is 5.32 Å². The van der Waals surface area contributed by atoms with Gasteiger partial charge in [0.25, 0.3) is 10.0 Å². The minimum absolute atomic E-state index is 0.113. The zero-order valence-corrected chi connectivity index (χ0v) is 27.2. The van der Waals surface area contributed by atoms with Gasteiger partial charge in [0.15, 0.2) is 0 Å². The van der Waals surface area contributed by atoms with E-state index >= 15 is 4.39 Å². The quantitative estimate of drug-likeness (QED) is 0.168. The number of rotatable bonds is 13. The normalized spacial score (nSPS) is 12.6. The van der Waals surface area contributed by atoms with E-state index in [0.717, 1.165) is 15.9 Å². The first-order valence-electron chi connectivity index (χ1n) is 14.4. The van der Waals surface area contributed by atoms with Gasteiger partial charge in [-0.05, 0) is 55.3 Å². The van der Waals surface area contributed by atoms with Crippen LogP contribution >= 0.6 is 23.2 Å². The Morgan fingerprint density at radius 1 is 0.844 bits per heavy atom. The van der Waals surface area contributed by atoms with Gasteiger partial charge in [-0.1, -0.05) is 96.9 Å². The molecule has 4 aromatic carbocycles. The molecule has 1 N–H and O–H groups in total. The van der Waals surface area contributed by atoms with Gasteiger partial charge in [-0.3, -0.25) is 13.9 Å². The van der Waals surface area contributed by atoms with Crippen LogP contribution in [0.2, 0.25) is 10.0 Å². The molecule has 0 fully saturated rings. The van der Waals surface area contributed by atoms with Crippen LogP contribution in [0.15, 0.2) is 108 Å². The Morgan fingerprint density at radius 2 is 1.42 bits per heavy atom. The predicted molar refractivity (Wildman–Crippen MR) is 176 cm³/mol. The van der Waals surface area contributed by atoms with Crippen molar-refractivity contribution in [3.05, 3.63) is 130 Å². The van der Waals surface area contributed by atoms with Crippen molar-refractivity contribution in [3.8, 4) is 0 Å². The van der Waals surface area contributed by atoms with Crippen molar-refractivity contribution in [2.75, 3.05) is 10.8 Å². The maximum absolute atomic E-state index is 15.2. The molecule has 45 heavy (non-hydrogen) atoms. The van der Waals surface area contributed by atoms with Crippen LogP contribution in [0.1, 0.15) is 31.4 Å². The minimum atomic E-state index is -4.43. The number of hydrogen-bond acceptors (Lipinski definition) is 4. The van der Waals surface area contributed by atoms with Gasteiger partial charge in [0.05, 0.1) is 10.6 Å². The lowest BCUT2D eigenvalue weighted by molar-refractivity contribution is -0.140. The van der Waals surface area contributed by atoms with Crippen LogP contribution in [-0.2, 0) is 32.6 Å². The number of hydrogen-bond donors (Lipinski definition) is 1. The molecule has 0 radical (unpaired) electrons. The molecule has 0 spiro atoms. The lowest BCUT2D eigenvalue weighted by Crippen LogP contribution is -2.54. The van der Waals surface area contributed by atoms with Crippen molar-refractivity contribution in [2.45, 2.75) is 50.2 Å². The molecule has 11 heteroatoms. The molecular weight excluding hydrogens is 636 g/mol. The van der Waals surface area contributed by atoms with Gasteiger partial charge in [-0.2, -0.15) is 0 Å². The summed E-state index contributed by atoms with van der Waals surface area (Å²) in [6.45, 7) is 2.76. The molecule has 7 nitrogen and oxygen atoms in total. The Balaban J connectivity index is 1.85. The Bertz CT molecular complexity index is 1710. The molecule has 0 aromatic heterocycles. The van der Waals surface area contributed by atoms with E-state index < -0.39 is 40.2 Å². The average molecular weight is 671 g/mol. The molecule has 0 aliphatic carbocycles. The highest BCUT2D eigenvalue weighted by atomic mass is 35.5. The molecule has 4 rings (SSSR count). The molecule has 0 aliphatic heterocycles. The van der Waals surface area contributed by atoms with E-state index in [-0.39, 0.29) is 39.6 Å². The first-order chi connectivity index (χ1) is 21.5. The molecular formula is C34H34Cl2FN3O4S. The van der Waals surface area contributed by atoms with Crippen LogP contribution in [0.4, 0.5) is 10.1 Å². The average Bonchev–Trinajstić information content (AvgIpc) is 3.03. The minimum Gasteiger partial charge on any atom is -0.352 e. The summed E-state index contributed by atoms with van der Waals surface area (Å²) < 4.78 is 43.9. The van der Waals surface area contributed by atoms with Crippen LogP contribution in [0.3, 0.4) is 0 Å². The second kappa shape index (κ2) is 15.4. The number of benzene rings is 4. The smallest absolute Gasteiger partial charge is 0.264 e. The highest BCUT2D eigenvalue weighted by Gasteiger charge is 2.36. The molecule has 0 saturated heterocycles. The largest absolute Gasteiger partial charge is 0.352 e. The number of carbonyl (C=O) groups is 2. The molecule has 2 amide bonds. The van der Waals surface area contributed by atoms with E-state index in [1.165, 1.54) is 47.4 Å². The zero-order chi connectivity index (χ0) is 32.6. The fourth-order valence-electron chi connectivity index (χ4n) is 4.74. The summed E-state index contributed by atoms with van der Waals surface area (Å²) in [6, 6.07) is 25.5. The maximum Gasteiger partial charge on any atom is 0.264 e. The number of amides is 2. The number of halogens is 3. The summed E-state index contributed by atoms with van der Waals surface area (Å²) in [7, 11) is -4.43. The third-order valence-electron chi connectivity index (χ3n) is 7.39. The first-order valence-corrected chi connectivity index (χ1v) is 16.6. The maximum atomic E-state index is 15.2. The standard InChI is InChI=1S/C34H34Cl2FN3O4S/c1-3-24(2)38-34(42)32(21-25-13-6-4-7-14-25)39(22-27-28(35)17-12-18-29(27)36)33(41)23-40(31-20-11-10-19-30(31)37)45(43,44)26-15-8-5-9-16-26/h4-20,24,32H,3,21-23H2,1-2H3,(H,38,42)/t24-,32+/m1/s1. The Labute approximate surface area is 273 Å². The Kier molecular flexibility index (Phi) is 11.6.